The molecule has 0 amide bonds. The molecule has 0 atom stereocenters. The minimum absolute atomic E-state index is 1.05. The second kappa shape index (κ2) is 6.47. The molecule has 28 heavy (non-hydrogen) atoms. The zero-order chi connectivity index (χ0) is 18.5. The second-order valence-corrected chi connectivity index (χ2v) is 9.40. The topological polar surface area (TPSA) is 4.93 Å². The van der Waals surface area contributed by atoms with Gasteiger partial charge >= 0.3 is 0 Å². The Morgan fingerprint density at radius 3 is 2.43 bits per heavy atom. The molecule has 0 N–H and O–H groups in total. The van der Waals surface area contributed by atoms with Crippen LogP contribution >= 0.6 is 22.7 Å². The molecule has 0 spiro atoms. The third-order valence-corrected chi connectivity index (χ3v) is 7.73. The molecule has 3 heteroatoms. The third kappa shape index (κ3) is 2.43. The number of hydrogen-bond donors (Lipinski definition) is 0. The van der Waals surface area contributed by atoms with Crippen molar-refractivity contribution in [3.8, 4) is 0 Å². The number of para-hydroxylation sites is 1. The van der Waals surface area contributed by atoms with Crippen molar-refractivity contribution in [3.63, 3.8) is 0 Å². The molecule has 0 fully saturated rings. The Labute approximate surface area is 171 Å². The average Bonchev–Trinajstić information content (AvgIpc) is 3.44. The van der Waals surface area contributed by atoms with Gasteiger partial charge in [0, 0.05) is 53.4 Å². The quantitative estimate of drug-likeness (QED) is 0.285. The van der Waals surface area contributed by atoms with Crippen molar-refractivity contribution in [1.29, 1.82) is 0 Å². The van der Waals surface area contributed by atoms with Crippen LogP contribution in [-0.2, 0) is 13.0 Å². The molecule has 3 aromatic carbocycles. The molecule has 0 aliphatic carbocycles. The van der Waals surface area contributed by atoms with Gasteiger partial charge in [0.2, 0.25) is 0 Å². The molecule has 0 aliphatic heterocycles. The van der Waals surface area contributed by atoms with Gasteiger partial charge in [0.05, 0.1) is 0 Å². The zero-order valence-electron chi connectivity index (χ0n) is 15.4. The van der Waals surface area contributed by atoms with Crippen LogP contribution in [0.15, 0.2) is 78.2 Å². The largest absolute Gasteiger partial charge is 0.340 e. The van der Waals surface area contributed by atoms with E-state index in [9.17, 15) is 0 Å². The van der Waals surface area contributed by atoms with Crippen molar-refractivity contribution < 1.29 is 0 Å². The van der Waals surface area contributed by atoms with E-state index in [4.69, 9.17) is 0 Å². The van der Waals surface area contributed by atoms with E-state index < -0.39 is 0 Å². The van der Waals surface area contributed by atoms with Crippen LogP contribution in [0.3, 0.4) is 0 Å². The lowest BCUT2D eigenvalue weighted by Crippen LogP contribution is -1.98. The first-order valence-corrected chi connectivity index (χ1v) is 11.4. The first kappa shape index (κ1) is 16.3. The van der Waals surface area contributed by atoms with Crippen molar-refractivity contribution in [2.24, 2.45) is 0 Å². The summed E-state index contributed by atoms with van der Waals surface area (Å²) in [5, 5.41) is 7.78. The lowest BCUT2D eigenvalue weighted by Gasteiger charge is -2.07. The fraction of sp³-hybridized carbons (Fsp3) is 0.120. The van der Waals surface area contributed by atoms with Crippen LogP contribution in [0.1, 0.15) is 11.3 Å². The molecule has 0 saturated heterocycles. The Hall–Kier alpha value is -2.62. The maximum absolute atomic E-state index is 2.53. The van der Waals surface area contributed by atoms with E-state index in [1.54, 1.807) is 0 Å². The van der Waals surface area contributed by atoms with Gasteiger partial charge in [-0.15, -0.1) is 22.7 Å². The zero-order valence-corrected chi connectivity index (χ0v) is 17.0. The minimum Gasteiger partial charge on any atom is -0.340 e. The Bertz CT molecular complexity index is 1430. The standard InChI is InChI=1S/C25H19NS2/c1-3-11-20-18(9-1)24-21(26(20)15-5-7-17-8-6-16-27-17)13-14-23-25(24)19-10-2-4-12-22(19)28-23/h1-4,6,8-14,16H,5,7,15H2. The number of aryl methyl sites for hydroxylation is 2. The van der Waals surface area contributed by atoms with Crippen LogP contribution in [0.5, 0.6) is 0 Å². The molecule has 3 heterocycles. The summed E-state index contributed by atoms with van der Waals surface area (Å²) in [6, 6.07) is 26.8. The Morgan fingerprint density at radius 2 is 1.54 bits per heavy atom. The molecule has 0 bridgehead atoms. The van der Waals surface area contributed by atoms with E-state index in [2.05, 4.69) is 82.7 Å². The number of thiophene rings is 2. The fourth-order valence-electron chi connectivity index (χ4n) is 4.46. The number of nitrogens with zero attached hydrogens (tertiary/aromatic N) is 1. The Balaban J connectivity index is 1.59. The van der Waals surface area contributed by atoms with Crippen LogP contribution < -0.4 is 0 Å². The molecule has 1 nitrogen and oxygen atoms in total. The van der Waals surface area contributed by atoms with Gasteiger partial charge in [-0.1, -0.05) is 42.5 Å². The van der Waals surface area contributed by atoms with Crippen LogP contribution in [0, 0.1) is 0 Å². The first-order valence-electron chi connectivity index (χ1n) is 9.74. The lowest BCUT2D eigenvalue weighted by atomic mass is 10.1. The molecule has 6 rings (SSSR count). The second-order valence-electron chi connectivity index (χ2n) is 7.28. The van der Waals surface area contributed by atoms with Crippen molar-refractivity contribution in [1.82, 2.24) is 4.57 Å². The summed E-state index contributed by atoms with van der Waals surface area (Å²) in [7, 11) is 0. The smallest absolute Gasteiger partial charge is 0.0498 e. The predicted octanol–water partition coefficient (Wildman–Crippen LogP) is 7.86. The molecule has 0 unspecified atom stereocenters. The van der Waals surface area contributed by atoms with Gasteiger partial charge in [-0.3, -0.25) is 0 Å². The maximum Gasteiger partial charge on any atom is 0.0498 e. The van der Waals surface area contributed by atoms with Crippen molar-refractivity contribution >= 4 is 64.7 Å². The number of rotatable bonds is 4. The van der Waals surface area contributed by atoms with Crippen molar-refractivity contribution in [2.75, 3.05) is 0 Å². The summed E-state index contributed by atoms with van der Waals surface area (Å²) in [5.74, 6) is 0. The highest BCUT2D eigenvalue weighted by atomic mass is 32.1. The van der Waals surface area contributed by atoms with E-state index in [0.717, 1.165) is 19.4 Å². The van der Waals surface area contributed by atoms with Crippen molar-refractivity contribution in [3.05, 3.63) is 83.1 Å². The summed E-state index contributed by atoms with van der Waals surface area (Å²) in [6.45, 7) is 1.05. The predicted molar refractivity (Wildman–Crippen MR) is 125 cm³/mol. The summed E-state index contributed by atoms with van der Waals surface area (Å²) >= 11 is 3.77. The molecule has 136 valence electrons. The molecule has 0 radical (unpaired) electrons. The molecule has 0 aliphatic rings. The summed E-state index contributed by atoms with van der Waals surface area (Å²) < 4.78 is 5.29. The Kier molecular flexibility index (Phi) is 3.78. The first-order chi connectivity index (χ1) is 13.9. The molecule has 6 aromatic rings. The number of hydrogen-bond acceptors (Lipinski definition) is 2. The van der Waals surface area contributed by atoms with Gasteiger partial charge in [0.15, 0.2) is 0 Å². The van der Waals surface area contributed by atoms with E-state index >= 15 is 0 Å². The average molecular weight is 398 g/mol. The number of fused-ring (bicyclic) bond motifs is 7. The molecular formula is C25H19NS2. The van der Waals surface area contributed by atoms with Gasteiger partial charge in [-0.05, 0) is 48.6 Å². The SMILES string of the molecule is c1csc(CCCn2c3ccccc3c3c4c(ccc32)sc2ccccc24)c1. The summed E-state index contributed by atoms with van der Waals surface area (Å²) in [4.78, 5) is 1.48. The third-order valence-electron chi connectivity index (χ3n) is 5.66. The van der Waals surface area contributed by atoms with E-state index in [0.29, 0.717) is 0 Å². The van der Waals surface area contributed by atoms with E-state index in [1.807, 2.05) is 22.7 Å². The van der Waals surface area contributed by atoms with Crippen LogP contribution in [0.25, 0.3) is 42.0 Å². The minimum atomic E-state index is 1.05. The van der Waals surface area contributed by atoms with E-state index in [-0.39, 0.29) is 0 Å². The Morgan fingerprint density at radius 1 is 0.679 bits per heavy atom. The fourth-order valence-corrected chi connectivity index (χ4v) is 6.33. The molecular weight excluding hydrogens is 378 g/mol. The highest BCUT2D eigenvalue weighted by Crippen LogP contribution is 2.42. The monoisotopic (exact) mass is 397 g/mol. The lowest BCUT2D eigenvalue weighted by molar-refractivity contribution is 0.682. The molecule has 0 saturated carbocycles. The van der Waals surface area contributed by atoms with Gasteiger partial charge in [0.1, 0.15) is 0 Å². The van der Waals surface area contributed by atoms with Crippen molar-refractivity contribution in [2.45, 2.75) is 19.4 Å². The number of benzene rings is 3. The van der Waals surface area contributed by atoms with Gasteiger partial charge in [-0.2, -0.15) is 0 Å². The van der Waals surface area contributed by atoms with Crippen LogP contribution in [0.4, 0.5) is 0 Å². The highest BCUT2D eigenvalue weighted by molar-refractivity contribution is 7.26. The van der Waals surface area contributed by atoms with E-state index in [1.165, 1.54) is 46.9 Å². The normalized spacial score (nSPS) is 12.0. The number of aromatic nitrogens is 1. The van der Waals surface area contributed by atoms with Gasteiger partial charge in [-0.25, -0.2) is 0 Å². The summed E-state index contributed by atoms with van der Waals surface area (Å²) in [6.07, 6.45) is 2.31. The molecule has 3 aromatic heterocycles. The van der Waals surface area contributed by atoms with Gasteiger partial charge in [0.25, 0.3) is 0 Å². The summed E-state index contributed by atoms with van der Waals surface area (Å²) in [5.41, 5.74) is 2.72. The highest BCUT2D eigenvalue weighted by Gasteiger charge is 2.16. The maximum atomic E-state index is 2.53. The van der Waals surface area contributed by atoms with Crippen LogP contribution in [-0.4, -0.2) is 4.57 Å². The van der Waals surface area contributed by atoms with Crippen LogP contribution in [0.2, 0.25) is 0 Å². The van der Waals surface area contributed by atoms with Gasteiger partial charge < -0.3 is 4.57 Å².